The summed E-state index contributed by atoms with van der Waals surface area (Å²) in [4.78, 5) is 7.31. The Morgan fingerprint density at radius 1 is 1.07 bits per heavy atom. The van der Waals surface area contributed by atoms with Crippen molar-refractivity contribution in [1.29, 1.82) is 0 Å². The van der Waals surface area contributed by atoms with E-state index in [0.29, 0.717) is 5.92 Å². The van der Waals surface area contributed by atoms with E-state index >= 15 is 0 Å². The smallest absolute Gasteiger partial charge is 0.151 e. The van der Waals surface area contributed by atoms with Crippen LogP contribution in [0.25, 0.3) is 5.69 Å². The number of aromatic nitrogens is 3. The number of fused-ring (bicyclic) bond motifs is 3. The maximum atomic E-state index is 6.24. The molecule has 1 aromatic carbocycles. The first-order valence-corrected chi connectivity index (χ1v) is 11.0. The van der Waals surface area contributed by atoms with Gasteiger partial charge in [0.1, 0.15) is 5.82 Å². The molecule has 3 aliphatic rings. The van der Waals surface area contributed by atoms with Gasteiger partial charge in [0.05, 0.1) is 24.6 Å². The van der Waals surface area contributed by atoms with Crippen molar-refractivity contribution >= 4 is 17.4 Å². The van der Waals surface area contributed by atoms with E-state index in [2.05, 4.69) is 43.2 Å². The van der Waals surface area contributed by atoms with E-state index in [1.54, 1.807) is 0 Å². The second-order valence-electron chi connectivity index (χ2n) is 8.07. The highest BCUT2D eigenvalue weighted by molar-refractivity contribution is 6.30. The first-order chi connectivity index (χ1) is 14.3. The van der Waals surface area contributed by atoms with Crippen LogP contribution in [0.1, 0.15) is 55.2 Å². The monoisotopic (exact) mass is 410 g/mol. The molecular weight excluding hydrogens is 384 g/mol. The molecule has 7 heteroatoms. The van der Waals surface area contributed by atoms with Crippen LogP contribution in [0, 0.1) is 0 Å². The van der Waals surface area contributed by atoms with Crippen molar-refractivity contribution in [3.63, 3.8) is 0 Å². The molecule has 4 heterocycles. The average molecular weight is 411 g/mol. The molecule has 0 amide bonds. The van der Waals surface area contributed by atoms with Gasteiger partial charge in [-0.2, -0.15) is 0 Å². The summed E-state index contributed by atoms with van der Waals surface area (Å²) in [6, 6.07) is 6.11. The van der Waals surface area contributed by atoms with Crippen LogP contribution in [0.15, 0.2) is 35.3 Å². The minimum Gasteiger partial charge on any atom is -0.360 e. The average Bonchev–Trinajstić information content (AvgIpc) is 3.04. The lowest BCUT2D eigenvalue weighted by molar-refractivity contribution is 0.299. The van der Waals surface area contributed by atoms with Crippen molar-refractivity contribution in [3.8, 4) is 5.69 Å². The number of piperidine rings is 1. The Labute approximate surface area is 176 Å². The van der Waals surface area contributed by atoms with Crippen molar-refractivity contribution in [2.75, 3.05) is 19.6 Å². The van der Waals surface area contributed by atoms with Gasteiger partial charge in [0.2, 0.25) is 0 Å². The number of aliphatic imine (C=N–C) groups is 1. The Hall–Kier alpha value is -2.18. The number of benzene rings is 1. The van der Waals surface area contributed by atoms with Crippen LogP contribution in [-0.2, 0) is 13.1 Å². The van der Waals surface area contributed by atoms with Crippen LogP contribution < -0.4 is 5.32 Å². The van der Waals surface area contributed by atoms with Crippen LogP contribution in [0.5, 0.6) is 0 Å². The molecule has 29 heavy (non-hydrogen) atoms. The molecule has 1 saturated heterocycles. The molecule has 0 bridgehead atoms. The molecule has 0 radical (unpaired) electrons. The van der Waals surface area contributed by atoms with Crippen LogP contribution in [0.2, 0.25) is 5.02 Å². The minimum absolute atomic E-state index is 0.420. The van der Waals surface area contributed by atoms with Crippen molar-refractivity contribution in [1.82, 2.24) is 25.0 Å². The van der Waals surface area contributed by atoms with Crippen LogP contribution in [0.3, 0.4) is 0 Å². The number of hydrogen-bond acceptors (Lipinski definition) is 5. The molecule has 0 atom stereocenters. The molecule has 1 fully saturated rings. The lowest BCUT2D eigenvalue weighted by Crippen LogP contribution is -2.38. The molecule has 0 saturated carbocycles. The molecule has 0 unspecified atom stereocenters. The Bertz CT molecular complexity index is 939. The fourth-order valence-electron chi connectivity index (χ4n) is 4.66. The molecular formula is C22H27ClN6. The fourth-order valence-corrected chi connectivity index (χ4v) is 4.85. The molecule has 5 rings (SSSR count). The SMILES string of the molecule is Clc1ccc2c(c1)CNCc1nnc(C3CCN(C4=NC/C=C\CCC4)CC3)n1-2. The van der Waals surface area contributed by atoms with E-state index in [0.717, 1.165) is 74.3 Å². The summed E-state index contributed by atoms with van der Waals surface area (Å²) in [5.41, 5.74) is 2.36. The van der Waals surface area contributed by atoms with E-state index in [4.69, 9.17) is 16.6 Å². The van der Waals surface area contributed by atoms with Gasteiger partial charge >= 0.3 is 0 Å². The molecule has 152 valence electrons. The van der Waals surface area contributed by atoms with E-state index in [1.165, 1.54) is 24.2 Å². The molecule has 0 spiro atoms. The van der Waals surface area contributed by atoms with Gasteiger partial charge in [-0.1, -0.05) is 23.8 Å². The lowest BCUT2D eigenvalue weighted by atomic mass is 9.95. The zero-order valence-electron chi connectivity index (χ0n) is 16.6. The van der Waals surface area contributed by atoms with Crippen molar-refractivity contribution in [2.45, 2.75) is 51.1 Å². The predicted octanol–water partition coefficient (Wildman–Crippen LogP) is 3.84. The highest BCUT2D eigenvalue weighted by atomic mass is 35.5. The molecule has 6 nitrogen and oxygen atoms in total. The molecule has 1 aromatic heterocycles. The normalized spacial score (nSPS) is 21.4. The Balaban J connectivity index is 1.37. The summed E-state index contributed by atoms with van der Waals surface area (Å²) in [6.07, 6.45) is 10.1. The topological polar surface area (TPSA) is 58.3 Å². The largest absolute Gasteiger partial charge is 0.360 e. The summed E-state index contributed by atoms with van der Waals surface area (Å²) >= 11 is 6.24. The van der Waals surface area contributed by atoms with Gasteiger partial charge in [0.15, 0.2) is 5.82 Å². The second-order valence-corrected chi connectivity index (χ2v) is 8.50. The molecule has 1 N–H and O–H groups in total. The number of hydrogen-bond donors (Lipinski definition) is 1. The van der Waals surface area contributed by atoms with Crippen molar-refractivity contribution in [3.05, 3.63) is 52.6 Å². The third-order valence-corrected chi connectivity index (χ3v) is 6.41. The number of amidine groups is 1. The third-order valence-electron chi connectivity index (χ3n) is 6.18. The quantitative estimate of drug-likeness (QED) is 0.725. The van der Waals surface area contributed by atoms with Crippen LogP contribution >= 0.6 is 11.6 Å². The summed E-state index contributed by atoms with van der Waals surface area (Å²) in [7, 11) is 0. The van der Waals surface area contributed by atoms with Gasteiger partial charge in [0, 0.05) is 37.0 Å². The molecule has 2 aromatic rings. The summed E-state index contributed by atoms with van der Waals surface area (Å²) in [5.74, 6) is 3.79. The lowest BCUT2D eigenvalue weighted by Gasteiger charge is -2.34. The highest BCUT2D eigenvalue weighted by Gasteiger charge is 2.29. The highest BCUT2D eigenvalue weighted by Crippen LogP contribution is 2.32. The maximum Gasteiger partial charge on any atom is 0.151 e. The first kappa shape index (κ1) is 18.8. The van der Waals surface area contributed by atoms with Crippen LogP contribution in [-0.4, -0.2) is 45.1 Å². The number of likely N-dealkylation sites (tertiary alicyclic amines) is 1. The van der Waals surface area contributed by atoms with Crippen LogP contribution in [0.4, 0.5) is 0 Å². The Morgan fingerprint density at radius 2 is 1.97 bits per heavy atom. The third kappa shape index (κ3) is 3.83. The van der Waals surface area contributed by atoms with Gasteiger partial charge in [-0.05, 0) is 49.4 Å². The van der Waals surface area contributed by atoms with Crippen molar-refractivity contribution in [2.24, 2.45) is 4.99 Å². The second kappa shape index (κ2) is 8.28. The van der Waals surface area contributed by atoms with Gasteiger partial charge < -0.3 is 10.2 Å². The van der Waals surface area contributed by atoms with Gasteiger partial charge in [0.25, 0.3) is 0 Å². The minimum atomic E-state index is 0.420. The van der Waals surface area contributed by atoms with Gasteiger partial charge in [-0.15, -0.1) is 10.2 Å². The summed E-state index contributed by atoms with van der Waals surface area (Å²) < 4.78 is 2.27. The van der Waals surface area contributed by atoms with E-state index in [1.807, 2.05) is 12.1 Å². The molecule has 3 aliphatic heterocycles. The number of allylic oxidation sites excluding steroid dienone is 1. The number of nitrogens with zero attached hydrogens (tertiary/aromatic N) is 5. The van der Waals surface area contributed by atoms with Gasteiger partial charge in [-0.25, -0.2) is 0 Å². The molecule has 0 aliphatic carbocycles. The standard InChI is InChI=1S/C22H27ClN6/c23-18-6-7-19-17(13-18)14-24-15-21-26-27-22(29(19)21)16-8-11-28(12-9-16)20-5-3-1-2-4-10-25-20/h2,4,6-7,13,16,24H,1,3,5,8-12,14-15H2/b4-2-,25-20?. The zero-order chi connectivity index (χ0) is 19.6. The first-order valence-electron chi connectivity index (χ1n) is 10.7. The van der Waals surface area contributed by atoms with E-state index in [-0.39, 0.29) is 0 Å². The number of halogens is 1. The Morgan fingerprint density at radius 3 is 2.86 bits per heavy atom. The Kier molecular flexibility index (Phi) is 5.38. The predicted molar refractivity (Wildman–Crippen MR) is 116 cm³/mol. The van der Waals surface area contributed by atoms with Gasteiger partial charge in [-0.3, -0.25) is 9.56 Å². The van der Waals surface area contributed by atoms with E-state index < -0.39 is 0 Å². The zero-order valence-corrected chi connectivity index (χ0v) is 17.4. The number of nitrogens with one attached hydrogen (secondary N) is 1. The maximum absolute atomic E-state index is 6.24. The fraction of sp³-hybridized carbons (Fsp3) is 0.500. The summed E-state index contributed by atoms with van der Waals surface area (Å²) in [6.45, 7) is 4.43. The van der Waals surface area contributed by atoms with E-state index in [9.17, 15) is 0 Å². The van der Waals surface area contributed by atoms with Crippen molar-refractivity contribution < 1.29 is 0 Å². The number of rotatable bonds is 1. The summed E-state index contributed by atoms with van der Waals surface area (Å²) in [5, 5.41) is 13.4.